The molecule has 94 valence electrons. The molecule has 2 atom stereocenters. The fourth-order valence-corrected chi connectivity index (χ4v) is 1.77. The predicted octanol–water partition coefficient (Wildman–Crippen LogP) is 0.339. The largest absolute Gasteiger partial charge is 0.444 e. The lowest BCUT2D eigenvalue weighted by molar-refractivity contribution is 0.0513. The average molecular weight is 230 g/mol. The number of amides is 1. The zero-order valence-electron chi connectivity index (χ0n) is 10.2. The second-order valence-electron chi connectivity index (χ2n) is 5.24. The van der Waals surface area contributed by atoms with Crippen molar-refractivity contribution in [2.45, 2.75) is 26.4 Å². The number of nitrogens with one attached hydrogen (secondary N) is 2. The highest BCUT2D eigenvalue weighted by Gasteiger charge is 2.27. The SMILES string of the molecule is CC(C)(C)OC(=O)NCC1CNCC1CO. The van der Waals surface area contributed by atoms with Crippen LogP contribution in [0.5, 0.6) is 0 Å². The number of ether oxygens (including phenoxy) is 1. The Labute approximate surface area is 96.6 Å². The van der Waals surface area contributed by atoms with Gasteiger partial charge in [-0.1, -0.05) is 0 Å². The lowest BCUT2D eigenvalue weighted by atomic mass is 9.97. The van der Waals surface area contributed by atoms with Gasteiger partial charge < -0.3 is 20.5 Å². The van der Waals surface area contributed by atoms with E-state index in [-0.39, 0.29) is 18.4 Å². The Morgan fingerprint density at radius 2 is 2.06 bits per heavy atom. The Balaban J connectivity index is 2.26. The molecule has 1 heterocycles. The molecule has 1 saturated heterocycles. The van der Waals surface area contributed by atoms with E-state index < -0.39 is 11.7 Å². The van der Waals surface area contributed by atoms with Gasteiger partial charge in [0.1, 0.15) is 5.60 Å². The summed E-state index contributed by atoms with van der Waals surface area (Å²) in [5.41, 5.74) is -0.464. The van der Waals surface area contributed by atoms with Crippen LogP contribution >= 0.6 is 0 Å². The van der Waals surface area contributed by atoms with Gasteiger partial charge in [0.2, 0.25) is 0 Å². The van der Waals surface area contributed by atoms with Crippen molar-refractivity contribution < 1.29 is 14.6 Å². The third kappa shape index (κ3) is 4.37. The predicted molar refractivity (Wildman–Crippen MR) is 61.2 cm³/mol. The van der Waals surface area contributed by atoms with E-state index in [0.29, 0.717) is 6.54 Å². The first-order valence-corrected chi connectivity index (χ1v) is 5.71. The number of aliphatic hydroxyl groups excluding tert-OH is 1. The summed E-state index contributed by atoms with van der Waals surface area (Å²) in [5, 5.41) is 15.0. The quantitative estimate of drug-likeness (QED) is 0.654. The van der Waals surface area contributed by atoms with E-state index in [2.05, 4.69) is 10.6 Å². The normalized spacial score (nSPS) is 25.5. The summed E-state index contributed by atoms with van der Waals surface area (Å²) >= 11 is 0. The van der Waals surface area contributed by atoms with Crippen LogP contribution in [0.15, 0.2) is 0 Å². The topological polar surface area (TPSA) is 70.6 Å². The first-order valence-electron chi connectivity index (χ1n) is 5.71. The summed E-state index contributed by atoms with van der Waals surface area (Å²) in [7, 11) is 0. The van der Waals surface area contributed by atoms with Crippen LogP contribution < -0.4 is 10.6 Å². The third-order valence-electron chi connectivity index (χ3n) is 2.62. The fourth-order valence-electron chi connectivity index (χ4n) is 1.77. The monoisotopic (exact) mass is 230 g/mol. The van der Waals surface area contributed by atoms with Crippen LogP contribution in [0.4, 0.5) is 4.79 Å². The van der Waals surface area contributed by atoms with E-state index in [1.165, 1.54) is 0 Å². The number of carbonyl (C=O) groups is 1. The Morgan fingerprint density at radius 1 is 1.44 bits per heavy atom. The van der Waals surface area contributed by atoms with E-state index >= 15 is 0 Å². The average Bonchev–Trinajstić information content (AvgIpc) is 2.59. The van der Waals surface area contributed by atoms with E-state index in [4.69, 9.17) is 9.84 Å². The van der Waals surface area contributed by atoms with E-state index in [9.17, 15) is 4.79 Å². The minimum atomic E-state index is -0.464. The Kier molecular flexibility index (Phi) is 4.56. The summed E-state index contributed by atoms with van der Waals surface area (Å²) in [6.07, 6.45) is -0.393. The van der Waals surface area contributed by atoms with Crippen LogP contribution in [-0.4, -0.2) is 43.0 Å². The summed E-state index contributed by atoms with van der Waals surface area (Å²) < 4.78 is 5.13. The van der Waals surface area contributed by atoms with Crippen molar-refractivity contribution in [3.63, 3.8) is 0 Å². The Hall–Kier alpha value is -0.810. The number of rotatable bonds is 3. The molecule has 0 aromatic carbocycles. The maximum absolute atomic E-state index is 11.4. The van der Waals surface area contributed by atoms with Crippen molar-refractivity contribution in [1.82, 2.24) is 10.6 Å². The van der Waals surface area contributed by atoms with Crippen LogP contribution in [0, 0.1) is 11.8 Å². The first kappa shape index (κ1) is 13.3. The molecule has 1 amide bonds. The smallest absolute Gasteiger partial charge is 0.407 e. The van der Waals surface area contributed by atoms with Gasteiger partial charge in [0.15, 0.2) is 0 Å². The van der Waals surface area contributed by atoms with Crippen LogP contribution in [0.1, 0.15) is 20.8 Å². The van der Waals surface area contributed by atoms with Gasteiger partial charge in [-0.3, -0.25) is 0 Å². The standard InChI is InChI=1S/C11H22N2O3/c1-11(2,3)16-10(15)13-6-8-4-12-5-9(8)7-14/h8-9,12,14H,4-7H2,1-3H3,(H,13,15). The van der Waals surface area contributed by atoms with Crippen molar-refractivity contribution in [3.8, 4) is 0 Å². The molecule has 1 fully saturated rings. The van der Waals surface area contributed by atoms with Crippen LogP contribution in [0.3, 0.4) is 0 Å². The second kappa shape index (κ2) is 5.50. The molecule has 0 aliphatic carbocycles. The number of aliphatic hydroxyl groups is 1. The van der Waals surface area contributed by atoms with Crippen molar-refractivity contribution >= 4 is 6.09 Å². The molecule has 0 spiro atoms. The van der Waals surface area contributed by atoms with Gasteiger partial charge in [-0.25, -0.2) is 4.79 Å². The lowest BCUT2D eigenvalue weighted by Gasteiger charge is -2.21. The zero-order chi connectivity index (χ0) is 12.2. The molecule has 0 aromatic rings. The number of carbonyl (C=O) groups excluding carboxylic acids is 1. The second-order valence-corrected chi connectivity index (χ2v) is 5.24. The number of hydrogen-bond acceptors (Lipinski definition) is 4. The van der Waals surface area contributed by atoms with Gasteiger partial charge in [0.25, 0.3) is 0 Å². The maximum atomic E-state index is 11.4. The van der Waals surface area contributed by atoms with Gasteiger partial charge in [-0.2, -0.15) is 0 Å². The van der Waals surface area contributed by atoms with Crippen molar-refractivity contribution in [3.05, 3.63) is 0 Å². The molecule has 0 radical (unpaired) electrons. The molecule has 5 heteroatoms. The zero-order valence-corrected chi connectivity index (χ0v) is 10.2. The molecule has 1 rings (SSSR count). The van der Waals surface area contributed by atoms with Gasteiger partial charge in [-0.05, 0) is 26.7 Å². The molecule has 1 aliphatic rings. The fraction of sp³-hybridized carbons (Fsp3) is 0.909. The number of alkyl carbamates (subject to hydrolysis) is 1. The van der Waals surface area contributed by atoms with Gasteiger partial charge in [-0.15, -0.1) is 0 Å². The Morgan fingerprint density at radius 3 is 2.62 bits per heavy atom. The van der Waals surface area contributed by atoms with Crippen molar-refractivity contribution in [2.24, 2.45) is 11.8 Å². The van der Waals surface area contributed by atoms with Gasteiger partial charge in [0, 0.05) is 32.2 Å². The van der Waals surface area contributed by atoms with Gasteiger partial charge >= 0.3 is 6.09 Å². The van der Waals surface area contributed by atoms with Crippen LogP contribution in [0.25, 0.3) is 0 Å². The Bertz CT molecular complexity index is 238. The highest BCUT2D eigenvalue weighted by Crippen LogP contribution is 2.15. The molecule has 0 saturated carbocycles. The molecule has 0 aromatic heterocycles. The summed E-state index contributed by atoms with van der Waals surface area (Å²) in [5.74, 6) is 0.521. The molecule has 2 unspecified atom stereocenters. The van der Waals surface area contributed by atoms with Crippen LogP contribution in [-0.2, 0) is 4.74 Å². The summed E-state index contributed by atoms with van der Waals surface area (Å²) in [6, 6.07) is 0. The van der Waals surface area contributed by atoms with Crippen molar-refractivity contribution in [2.75, 3.05) is 26.2 Å². The number of hydrogen-bond donors (Lipinski definition) is 3. The minimum absolute atomic E-state index is 0.160. The van der Waals surface area contributed by atoms with E-state index in [1.54, 1.807) is 0 Å². The molecular formula is C11H22N2O3. The van der Waals surface area contributed by atoms with Gasteiger partial charge in [0.05, 0.1) is 0 Å². The van der Waals surface area contributed by atoms with Crippen LogP contribution in [0.2, 0.25) is 0 Å². The van der Waals surface area contributed by atoms with Crippen molar-refractivity contribution in [1.29, 1.82) is 0 Å². The lowest BCUT2D eigenvalue weighted by Crippen LogP contribution is -2.37. The summed E-state index contributed by atoms with van der Waals surface area (Å²) in [6.45, 7) is 7.86. The minimum Gasteiger partial charge on any atom is -0.444 e. The molecule has 16 heavy (non-hydrogen) atoms. The molecule has 3 N–H and O–H groups in total. The highest BCUT2D eigenvalue weighted by molar-refractivity contribution is 5.67. The highest BCUT2D eigenvalue weighted by atomic mass is 16.6. The molecular weight excluding hydrogens is 208 g/mol. The molecule has 0 bridgehead atoms. The van der Waals surface area contributed by atoms with E-state index in [0.717, 1.165) is 13.1 Å². The maximum Gasteiger partial charge on any atom is 0.407 e. The third-order valence-corrected chi connectivity index (χ3v) is 2.62. The molecule has 1 aliphatic heterocycles. The summed E-state index contributed by atoms with van der Waals surface area (Å²) in [4.78, 5) is 11.4. The molecule has 5 nitrogen and oxygen atoms in total. The van der Waals surface area contributed by atoms with E-state index in [1.807, 2.05) is 20.8 Å². The first-order chi connectivity index (χ1) is 7.42.